The molecule has 3 N–H and O–H groups in total. The lowest BCUT2D eigenvalue weighted by atomic mass is 9.76. The van der Waals surface area contributed by atoms with E-state index in [4.69, 9.17) is 4.74 Å². The van der Waals surface area contributed by atoms with Gasteiger partial charge in [-0.05, 0) is 72.2 Å². The minimum atomic E-state index is -1.71. The van der Waals surface area contributed by atoms with Crippen molar-refractivity contribution in [2.45, 2.75) is 59.0 Å². The van der Waals surface area contributed by atoms with Crippen molar-refractivity contribution in [3.05, 3.63) is 89.3 Å². The number of fused-ring (bicyclic) bond motifs is 1. The number of phenolic OH excluding ortho intramolecular Hbond substituents is 2. The fraction of sp³-hybridized carbons (Fsp3) is 0.310. The summed E-state index contributed by atoms with van der Waals surface area (Å²) in [5, 5.41) is 32.8. The molecule has 0 spiro atoms. The van der Waals surface area contributed by atoms with E-state index in [-0.39, 0.29) is 33.8 Å². The number of hydrogen-bond acceptors (Lipinski definition) is 5. The van der Waals surface area contributed by atoms with Crippen LogP contribution in [0.25, 0.3) is 0 Å². The second-order valence-corrected chi connectivity index (χ2v) is 10.7. The Kier molecular flexibility index (Phi) is 7.45. The summed E-state index contributed by atoms with van der Waals surface area (Å²) in [6.45, 7) is 7.85. The molecule has 0 bridgehead atoms. The summed E-state index contributed by atoms with van der Waals surface area (Å²) in [5.74, 6) is -1.97. The fourth-order valence-electron chi connectivity index (χ4n) is 5.47. The van der Waals surface area contributed by atoms with Gasteiger partial charge in [0.05, 0.1) is 11.1 Å². The van der Waals surface area contributed by atoms with Gasteiger partial charge in [0.15, 0.2) is 5.60 Å². The quantitative estimate of drug-likeness (QED) is 0.242. The van der Waals surface area contributed by atoms with E-state index >= 15 is 0 Å². The van der Waals surface area contributed by atoms with Crippen molar-refractivity contribution in [1.82, 2.24) is 0 Å². The van der Waals surface area contributed by atoms with Gasteiger partial charge in [-0.2, -0.15) is 0 Å². The van der Waals surface area contributed by atoms with E-state index in [0.29, 0.717) is 42.4 Å². The molecule has 0 amide bonds. The lowest BCUT2D eigenvalue weighted by Gasteiger charge is -2.34. The fourth-order valence-corrected chi connectivity index (χ4v) is 6.97. The highest BCUT2D eigenvalue weighted by Gasteiger charge is 2.52. The van der Waals surface area contributed by atoms with E-state index in [9.17, 15) is 24.9 Å². The SMILES string of the molecule is CCc1c(Br)cc(C2(c3cc(Br)c(CC)c(CC)c3O)OC(=O)c3cc(C(=O)O)ccc32)c(O)c1CC. The smallest absolute Gasteiger partial charge is 0.340 e. The molecule has 0 aliphatic carbocycles. The predicted octanol–water partition coefficient (Wildman–Crippen LogP) is 7.03. The summed E-state index contributed by atoms with van der Waals surface area (Å²) >= 11 is 7.29. The van der Waals surface area contributed by atoms with Crippen LogP contribution in [-0.4, -0.2) is 27.3 Å². The Hall–Kier alpha value is -2.84. The molecular formula is C29H28Br2O6. The van der Waals surface area contributed by atoms with Crippen LogP contribution in [0.1, 0.15) is 87.4 Å². The average Bonchev–Trinajstić information content (AvgIpc) is 3.17. The zero-order chi connectivity index (χ0) is 27.2. The number of phenols is 2. The first-order valence-electron chi connectivity index (χ1n) is 12.3. The molecule has 3 aromatic carbocycles. The summed E-state index contributed by atoms with van der Waals surface area (Å²) in [7, 11) is 0. The average molecular weight is 632 g/mol. The van der Waals surface area contributed by atoms with Gasteiger partial charge in [-0.25, -0.2) is 9.59 Å². The molecule has 0 atom stereocenters. The van der Waals surface area contributed by atoms with Gasteiger partial charge in [-0.15, -0.1) is 0 Å². The van der Waals surface area contributed by atoms with Crippen LogP contribution in [0.4, 0.5) is 0 Å². The maximum Gasteiger partial charge on any atom is 0.340 e. The van der Waals surface area contributed by atoms with Gasteiger partial charge in [0.25, 0.3) is 0 Å². The molecule has 4 rings (SSSR count). The number of esters is 1. The Bertz CT molecular complexity index is 1380. The Morgan fingerprint density at radius 2 is 1.24 bits per heavy atom. The van der Waals surface area contributed by atoms with Crippen LogP contribution in [0.5, 0.6) is 11.5 Å². The molecule has 194 valence electrons. The van der Waals surface area contributed by atoms with Crippen LogP contribution < -0.4 is 0 Å². The Labute approximate surface area is 232 Å². The zero-order valence-electron chi connectivity index (χ0n) is 21.0. The number of carboxylic acid groups (broad SMARTS) is 1. The van der Waals surface area contributed by atoms with E-state index in [0.717, 1.165) is 20.1 Å². The van der Waals surface area contributed by atoms with Gasteiger partial charge in [0.1, 0.15) is 11.5 Å². The molecule has 0 unspecified atom stereocenters. The topological polar surface area (TPSA) is 104 Å². The Morgan fingerprint density at radius 1 is 0.784 bits per heavy atom. The molecule has 1 heterocycles. The highest BCUT2D eigenvalue weighted by Crippen LogP contribution is 2.55. The van der Waals surface area contributed by atoms with Crippen LogP contribution in [0.3, 0.4) is 0 Å². The number of ether oxygens (including phenoxy) is 1. The molecule has 0 saturated carbocycles. The lowest BCUT2D eigenvalue weighted by Crippen LogP contribution is -2.31. The number of carbonyl (C=O) groups excluding carboxylic acids is 1. The first-order chi connectivity index (χ1) is 17.6. The number of carboxylic acids is 1. The molecule has 0 radical (unpaired) electrons. The van der Waals surface area contributed by atoms with Gasteiger partial charge < -0.3 is 20.1 Å². The van der Waals surface area contributed by atoms with Crippen LogP contribution in [0.15, 0.2) is 39.3 Å². The van der Waals surface area contributed by atoms with Crippen LogP contribution in [-0.2, 0) is 36.0 Å². The number of carbonyl (C=O) groups is 2. The largest absolute Gasteiger partial charge is 0.507 e. The third-order valence-corrected chi connectivity index (χ3v) is 8.63. The van der Waals surface area contributed by atoms with E-state index in [1.54, 1.807) is 12.1 Å². The van der Waals surface area contributed by atoms with Crippen molar-refractivity contribution in [2.75, 3.05) is 0 Å². The Morgan fingerprint density at radius 3 is 1.65 bits per heavy atom. The van der Waals surface area contributed by atoms with Crippen molar-refractivity contribution in [3.8, 4) is 11.5 Å². The first kappa shape index (κ1) is 27.2. The predicted molar refractivity (Wildman–Crippen MR) is 148 cm³/mol. The number of benzene rings is 3. The summed E-state index contributed by atoms with van der Waals surface area (Å²) in [6, 6.07) is 7.67. The number of aromatic hydroxyl groups is 2. The summed E-state index contributed by atoms with van der Waals surface area (Å²) in [4.78, 5) is 25.0. The monoisotopic (exact) mass is 630 g/mol. The van der Waals surface area contributed by atoms with Crippen molar-refractivity contribution in [3.63, 3.8) is 0 Å². The molecule has 3 aromatic rings. The zero-order valence-corrected chi connectivity index (χ0v) is 24.2. The highest BCUT2D eigenvalue weighted by atomic mass is 79.9. The van der Waals surface area contributed by atoms with Crippen molar-refractivity contribution < 1.29 is 29.6 Å². The van der Waals surface area contributed by atoms with E-state index in [1.807, 2.05) is 27.7 Å². The molecule has 0 aromatic heterocycles. The minimum absolute atomic E-state index is 0.0290. The standard InChI is InChI=1S/C29H28Br2O6/c1-5-15-17(7-3)25(32)21(12-23(15)30)29(22-13-24(31)16(6-2)18(8-4)26(22)33)20-10-9-14(27(34)35)11-19(20)28(36)37-29/h9-13,32-33H,5-8H2,1-4H3,(H,34,35). The molecule has 0 fully saturated rings. The van der Waals surface area contributed by atoms with Gasteiger partial charge >= 0.3 is 11.9 Å². The third-order valence-electron chi connectivity index (χ3n) is 7.21. The Balaban J connectivity index is 2.21. The van der Waals surface area contributed by atoms with Gasteiger partial charge in [-0.1, -0.05) is 65.6 Å². The second-order valence-electron chi connectivity index (χ2n) is 8.97. The number of rotatable bonds is 7. The summed E-state index contributed by atoms with van der Waals surface area (Å²) in [5.41, 5.74) is 2.51. The number of hydrogen-bond donors (Lipinski definition) is 3. The van der Waals surface area contributed by atoms with Crippen LogP contribution >= 0.6 is 31.9 Å². The first-order valence-corrected chi connectivity index (χ1v) is 13.8. The van der Waals surface area contributed by atoms with Crippen molar-refractivity contribution in [2.24, 2.45) is 0 Å². The third kappa shape index (κ3) is 4.05. The lowest BCUT2D eigenvalue weighted by molar-refractivity contribution is 0.0238. The summed E-state index contributed by atoms with van der Waals surface area (Å²) in [6.07, 6.45) is 2.40. The molecule has 1 aliphatic heterocycles. The van der Waals surface area contributed by atoms with Gasteiger partial charge in [0.2, 0.25) is 0 Å². The second kappa shape index (κ2) is 10.1. The molecule has 1 aliphatic rings. The maximum atomic E-state index is 13.3. The number of aromatic carboxylic acids is 1. The van der Waals surface area contributed by atoms with Gasteiger partial charge in [-0.3, -0.25) is 0 Å². The van der Waals surface area contributed by atoms with Crippen molar-refractivity contribution >= 4 is 43.8 Å². The molecular weight excluding hydrogens is 604 g/mol. The highest BCUT2D eigenvalue weighted by molar-refractivity contribution is 9.10. The number of halogens is 2. The maximum absolute atomic E-state index is 13.3. The van der Waals surface area contributed by atoms with Crippen LogP contribution in [0, 0.1) is 0 Å². The van der Waals surface area contributed by atoms with Crippen molar-refractivity contribution in [1.29, 1.82) is 0 Å². The molecule has 0 saturated heterocycles. The number of cyclic esters (lactones) is 1. The van der Waals surface area contributed by atoms with E-state index in [2.05, 4.69) is 31.9 Å². The molecule has 37 heavy (non-hydrogen) atoms. The molecule has 6 nitrogen and oxygen atoms in total. The van der Waals surface area contributed by atoms with E-state index in [1.165, 1.54) is 18.2 Å². The minimum Gasteiger partial charge on any atom is -0.507 e. The normalized spacial score (nSPS) is 13.9. The summed E-state index contributed by atoms with van der Waals surface area (Å²) < 4.78 is 7.63. The van der Waals surface area contributed by atoms with E-state index < -0.39 is 17.5 Å². The van der Waals surface area contributed by atoms with Crippen LogP contribution in [0.2, 0.25) is 0 Å². The molecule has 8 heteroatoms. The van der Waals surface area contributed by atoms with Gasteiger partial charge in [0, 0.05) is 25.6 Å².